The summed E-state index contributed by atoms with van der Waals surface area (Å²) in [6.45, 7) is 10.7. The smallest absolute Gasteiger partial charge is 0.0701 e. The van der Waals surface area contributed by atoms with Crippen LogP contribution in [-0.2, 0) is 14.2 Å². The maximum absolute atomic E-state index is 9.16. The summed E-state index contributed by atoms with van der Waals surface area (Å²) in [4.78, 5) is 0. The molecule has 0 aliphatic carbocycles. The fourth-order valence-corrected chi connectivity index (χ4v) is 1.66. The normalized spacial score (nSPS) is 13.1. The molecule has 0 amide bonds. The second-order valence-corrected chi connectivity index (χ2v) is 5.17. The third-order valence-corrected chi connectivity index (χ3v) is 3.20. The van der Waals surface area contributed by atoms with Gasteiger partial charge >= 0.3 is 0 Å². The van der Waals surface area contributed by atoms with Crippen LogP contribution >= 0.6 is 0 Å². The van der Waals surface area contributed by atoms with Crippen LogP contribution in [0.25, 0.3) is 0 Å². The first kappa shape index (κ1) is 18.8. The summed E-state index contributed by atoms with van der Waals surface area (Å²) in [7, 11) is 0. The van der Waals surface area contributed by atoms with Crippen LogP contribution in [0.4, 0.5) is 0 Å². The standard InChI is InChI=1S/C15H32O4/c1-4-5-7-17-9-11-19-12-10-18-8-6-15(13-16)14(2)3/h14-16H,4-13H2,1-3H3. The highest BCUT2D eigenvalue weighted by Gasteiger charge is 2.11. The fourth-order valence-electron chi connectivity index (χ4n) is 1.66. The molecule has 0 aromatic heterocycles. The minimum absolute atomic E-state index is 0.243. The van der Waals surface area contributed by atoms with E-state index in [0.717, 1.165) is 19.4 Å². The zero-order valence-corrected chi connectivity index (χ0v) is 12.9. The van der Waals surface area contributed by atoms with E-state index in [2.05, 4.69) is 20.8 Å². The fraction of sp³-hybridized carbons (Fsp3) is 1.00. The summed E-state index contributed by atoms with van der Waals surface area (Å²) in [6.07, 6.45) is 3.19. The van der Waals surface area contributed by atoms with Crippen LogP contribution in [0.3, 0.4) is 0 Å². The zero-order chi connectivity index (χ0) is 14.3. The van der Waals surface area contributed by atoms with E-state index in [0.29, 0.717) is 44.9 Å². The number of hydrogen-bond donors (Lipinski definition) is 1. The molecule has 0 saturated heterocycles. The van der Waals surface area contributed by atoms with Gasteiger partial charge in [0.1, 0.15) is 0 Å². The number of aliphatic hydroxyl groups excluding tert-OH is 1. The van der Waals surface area contributed by atoms with Crippen LogP contribution in [0, 0.1) is 11.8 Å². The minimum atomic E-state index is 0.243. The molecule has 0 radical (unpaired) electrons. The quantitative estimate of drug-likeness (QED) is 0.495. The first-order valence-electron chi connectivity index (χ1n) is 7.56. The molecular weight excluding hydrogens is 244 g/mol. The molecule has 116 valence electrons. The molecule has 4 nitrogen and oxygen atoms in total. The van der Waals surface area contributed by atoms with E-state index < -0.39 is 0 Å². The topological polar surface area (TPSA) is 47.9 Å². The van der Waals surface area contributed by atoms with Crippen molar-refractivity contribution in [2.45, 2.75) is 40.0 Å². The number of ether oxygens (including phenoxy) is 3. The molecule has 0 aromatic carbocycles. The second kappa shape index (κ2) is 14.3. The number of unbranched alkanes of at least 4 members (excludes halogenated alkanes) is 1. The second-order valence-electron chi connectivity index (χ2n) is 5.17. The summed E-state index contributed by atoms with van der Waals surface area (Å²) in [5.74, 6) is 0.845. The molecule has 0 heterocycles. The Kier molecular flexibility index (Phi) is 14.1. The molecule has 0 rings (SSSR count). The Morgan fingerprint density at radius 2 is 1.37 bits per heavy atom. The van der Waals surface area contributed by atoms with Crippen molar-refractivity contribution in [1.29, 1.82) is 0 Å². The third-order valence-electron chi connectivity index (χ3n) is 3.20. The van der Waals surface area contributed by atoms with Crippen LogP contribution in [0.5, 0.6) is 0 Å². The van der Waals surface area contributed by atoms with Gasteiger partial charge < -0.3 is 19.3 Å². The molecule has 1 N–H and O–H groups in total. The van der Waals surface area contributed by atoms with Crippen LogP contribution in [0.15, 0.2) is 0 Å². The first-order valence-corrected chi connectivity index (χ1v) is 7.56. The van der Waals surface area contributed by atoms with Crippen molar-refractivity contribution in [1.82, 2.24) is 0 Å². The van der Waals surface area contributed by atoms with E-state index in [-0.39, 0.29) is 6.61 Å². The zero-order valence-electron chi connectivity index (χ0n) is 12.9. The van der Waals surface area contributed by atoms with Gasteiger partial charge in [-0.05, 0) is 24.7 Å². The van der Waals surface area contributed by atoms with Gasteiger partial charge in [-0.15, -0.1) is 0 Å². The van der Waals surface area contributed by atoms with Crippen molar-refractivity contribution < 1.29 is 19.3 Å². The van der Waals surface area contributed by atoms with Crippen molar-refractivity contribution in [3.8, 4) is 0 Å². The van der Waals surface area contributed by atoms with Gasteiger partial charge in [-0.2, -0.15) is 0 Å². The minimum Gasteiger partial charge on any atom is -0.396 e. The Bertz CT molecular complexity index is 174. The van der Waals surface area contributed by atoms with Crippen LogP contribution < -0.4 is 0 Å². The average molecular weight is 276 g/mol. The lowest BCUT2D eigenvalue weighted by atomic mass is 9.94. The molecule has 4 heteroatoms. The lowest BCUT2D eigenvalue weighted by Crippen LogP contribution is -2.17. The van der Waals surface area contributed by atoms with E-state index in [9.17, 15) is 0 Å². The van der Waals surface area contributed by atoms with Crippen molar-refractivity contribution >= 4 is 0 Å². The predicted octanol–water partition coefficient (Wildman–Crippen LogP) is 2.49. The van der Waals surface area contributed by atoms with Gasteiger partial charge in [0.15, 0.2) is 0 Å². The number of aliphatic hydroxyl groups is 1. The van der Waals surface area contributed by atoms with Gasteiger partial charge in [0.2, 0.25) is 0 Å². The molecule has 0 bridgehead atoms. The third kappa shape index (κ3) is 12.6. The summed E-state index contributed by atoms with van der Waals surface area (Å²) in [5, 5.41) is 9.16. The molecule has 0 spiro atoms. The lowest BCUT2D eigenvalue weighted by Gasteiger charge is -2.17. The van der Waals surface area contributed by atoms with E-state index >= 15 is 0 Å². The first-order chi connectivity index (χ1) is 9.22. The van der Waals surface area contributed by atoms with Gasteiger partial charge in [0.25, 0.3) is 0 Å². The van der Waals surface area contributed by atoms with Gasteiger partial charge in [-0.1, -0.05) is 27.2 Å². The molecular formula is C15H32O4. The Hall–Kier alpha value is -0.160. The number of hydrogen-bond acceptors (Lipinski definition) is 4. The van der Waals surface area contributed by atoms with E-state index in [4.69, 9.17) is 19.3 Å². The van der Waals surface area contributed by atoms with Gasteiger partial charge in [0, 0.05) is 19.8 Å². The van der Waals surface area contributed by atoms with Crippen molar-refractivity contribution in [3.05, 3.63) is 0 Å². The highest BCUT2D eigenvalue weighted by Crippen LogP contribution is 2.13. The van der Waals surface area contributed by atoms with Crippen LogP contribution in [0.2, 0.25) is 0 Å². The molecule has 0 fully saturated rings. The van der Waals surface area contributed by atoms with E-state index in [1.165, 1.54) is 6.42 Å². The van der Waals surface area contributed by atoms with Crippen molar-refractivity contribution in [2.75, 3.05) is 46.2 Å². The predicted molar refractivity (Wildman–Crippen MR) is 77.4 cm³/mol. The van der Waals surface area contributed by atoms with Crippen LogP contribution in [0.1, 0.15) is 40.0 Å². The van der Waals surface area contributed by atoms with Crippen molar-refractivity contribution in [2.24, 2.45) is 11.8 Å². The van der Waals surface area contributed by atoms with Gasteiger partial charge in [-0.3, -0.25) is 0 Å². The maximum atomic E-state index is 9.16. The van der Waals surface area contributed by atoms with Gasteiger partial charge in [0.05, 0.1) is 26.4 Å². The summed E-state index contributed by atoms with van der Waals surface area (Å²) in [5.41, 5.74) is 0. The van der Waals surface area contributed by atoms with Crippen molar-refractivity contribution in [3.63, 3.8) is 0 Å². The summed E-state index contributed by atoms with van der Waals surface area (Å²) >= 11 is 0. The molecule has 0 aliphatic heterocycles. The Balaban J connectivity index is 3.14. The number of rotatable bonds is 14. The Morgan fingerprint density at radius 3 is 1.84 bits per heavy atom. The Labute approximate surface area is 118 Å². The molecule has 0 saturated carbocycles. The largest absolute Gasteiger partial charge is 0.396 e. The highest BCUT2D eigenvalue weighted by molar-refractivity contribution is 4.60. The average Bonchev–Trinajstić information content (AvgIpc) is 2.40. The molecule has 1 unspecified atom stereocenters. The monoisotopic (exact) mass is 276 g/mol. The Morgan fingerprint density at radius 1 is 0.842 bits per heavy atom. The molecule has 0 aromatic rings. The highest BCUT2D eigenvalue weighted by atomic mass is 16.5. The molecule has 1 atom stereocenters. The molecule has 0 aliphatic rings. The van der Waals surface area contributed by atoms with E-state index in [1.54, 1.807) is 0 Å². The lowest BCUT2D eigenvalue weighted by molar-refractivity contribution is 0.00920. The molecule has 19 heavy (non-hydrogen) atoms. The van der Waals surface area contributed by atoms with Crippen LogP contribution in [-0.4, -0.2) is 51.4 Å². The summed E-state index contributed by atoms with van der Waals surface area (Å²) in [6, 6.07) is 0. The van der Waals surface area contributed by atoms with Gasteiger partial charge in [-0.25, -0.2) is 0 Å². The van der Waals surface area contributed by atoms with E-state index in [1.807, 2.05) is 0 Å². The SMILES string of the molecule is CCCCOCCOCCOCCC(CO)C(C)C. The maximum Gasteiger partial charge on any atom is 0.0701 e. The summed E-state index contributed by atoms with van der Waals surface area (Å²) < 4.78 is 16.3.